The van der Waals surface area contributed by atoms with Crippen LogP contribution in [0.4, 0.5) is 5.69 Å². The topological polar surface area (TPSA) is 66.6 Å². The maximum absolute atomic E-state index is 11.8. The van der Waals surface area contributed by atoms with E-state index in [0.29, 0.717) is 16.5 Å². The number of nitrogens with zero attached hydrogens (tertiary/aromatic N) is 1. The zero-order valence-electron chi connectivity index (χ0n) is 13.6. The van der Waals surface area contributed by atoms with Gasteiger partial charge in [-0.25, -0.2) is 5.43 Å². The summed E-state index contributed by atoms with van der Waals surface area (Å²) in [5, 5.41) is 7.57. The van der Waals surface area contributed by atoms with Gasteiger partial charge in [-0.2, -0.15) is 5.10 Å². The number of anilines is 1. The third-order valence-electron chi connectivity index (χ3n) is 3.41. The van der Waals surface area contributed by atoms with E-state index in [0.717, 1.165) is 14.8 Å². The Morgan fingerprint density at radius 1 is 1.15 bits per heavy atom. The van der Waals surface area contributed by atoms with Crippen LogP contribution in [0.1, 0.15) is 5.76 Å². The monoisotopic (exact) mass is 479 g/mol. The second-order valence-electron chi connectivity index (χ2n) is 5.37. The lowest BCUT2D eigenvalue weighted by Gasteiger charge is -2.04. The predicted molar refractivity (Wildman–Crippen MR) is 113 cm³/mol. The third kappa shape index (κ3) is 5.34. The number of rotatable bonds is 6. The summed E-state index contributed by atoms with van der Waals surface area (Å²) in [6.07, 6.45) is 1.46. The molecule has 132 valence electrons. The second kappa shape index (κ2) is 8.86. The minimum absolute atomic E-state index is 0.129. The lowest BCUT2D eigenvalue weighted by atomic mass is 10.2. The normalized spacial score (nSPS) is 10.8. The number of nitrogens with one attached hydrogen (secondary N) is 2. The summed E-state index contributed by atoms with van der Waals surface area (Å²) in [5.74, 6) is 0.966. The van der Waals surface area contributed by atoms with Crippen LogP contribution < -0.4 is 10.7 Å². The molecule has 0 aliphatic heterocycles. The molecular formula is C19H15ClIN3O2. The molecule has 0 unspecified atom stereocenters. The first-order chi connectivity index (χ1) is 12.6. The third-order valence-corrected chi connectivity index (χ3v) is 4.37. The standard InChI is InChI=1S/C19H15ClIN3O2/c20-14-3-1-2-13(10-14)18-9-8-17(26-18)11-23-24-19(25)12-22-16-6-4-15(21)5-7-16/h1-11,22H,12H2,(H,24,25)/b23-11-. The Hall–Kier alpha value is -2.32. The van der Waals surface area contributed by atoms with Crippen molar-refractivity contribution < 1.29 is 9.21 Å². The molecule has 0 saturated carbocycles. The van der Waals surface area contributed by atoms with Crippen LogP contribution >= 0.6 is 34.2 Å². The van der Waals surface area contributed by atoms with Gasteiger partial charge in [0.25, 0.3) is 5.91 Å². The molecule has 0 fully saturated rings. The molecule has 26 heavy (non-hydrogen) atoms. The molecule has 0 aliphatic carbocycles. The van der Waals surface area contributed by atoms with E-state index in [-0.39, 0.29) is 12.5 Å². The lowest BCUT2D eigenvalue weighted by Crippen LogP contribution is -2.25. The molecular weight excluding hydrogens is 465 g/mol. The minimum atomic E-state index is -0.249. The van der Waals surface area contributed by atoms with Crippen molar-refractivity contribution in [2.24, 2.45) is 5.10 Å². The number of carbonyl (C=O) groups is 1. The van der Waals surface area contributed by atoms with Gasteiger partial charge < -0.3 is 9.73 Å². The molecule has 1 heterocycles. The number of hydrogen-bond donors (Lipinski definition) is 2. The summed E-state index contributed by atoms with van der Waals surface area (Å²) in [5.41, 5.74) is 4.21. The molecule has 3 aromatic rings. The van der Waals surface area contributed by atoms with Gasteiger partial charge in [-0.15, -0.1) is 0 Å². The van der Waals surface area contributed by atoms with E-state index in [1.165, 1.54) is 6.21 Å². The summed E-state index contributed by atoms with van der Waals surface area (Å²) in [6, 6.07) is 18.7. The number of halogens is 2. The number of benzene rings is 2. The Labute approximate surface area is 169 Å². The van der Waals surface area contributed by atoms with Gasteiger partial charge in [-0.1, -0.05) is 23.7 Å². The molecule has 7 heteroatoms. The molecule has 0 aliphatic rings. The van der Waals surface area contributed by atoms with Crippen molar-refractivity contribution in [1.29, 1.82) is 0 Å². The number of amides is 1. The first-order valence-corrected chi connectivity index (χ1v) is 9.23. The van der Waals surface area contributed by atoms with E-state index >= 15 is 0 Å². The van der Waals surface area contributed by atoms with E-state index < -0.39 is 0 Å². The Morgan fingerprint density at radius 2 is 1.96 bits per heavy atom. The summed E-state index contributed by atoms with van der Waals surface area (Å²) in [4.78, 5) is 11.8. The highest BCUT2D eigenvalue weighted by molar-refractivity contribution is 14.1. The fraction of sp³-hybridized carbons (Fsp3) is 0.0526. The van der Waals surface area contributed by atoms with Crippen LogP contribution in [0.5, 0.6) is 0 Å². The second-order valence-corrected chi connectivity index (χ2v) is 7.05. The van der Waals surface area contributed by atoms with Crippen molar-refractivity contribution in [2.75, 3.05) is 11.9 Å². The zero-order valence-corrected chi connectivity index (χ0v) is 16.5. The molecule has 2 N–H and O–H groups in total. The minimum Gasteiger partial charge on any atom is -0.455 e. The Kier molecular flexibility index (Phi) is 6.30. The molecule has 0 radical (unpaired) electrons. The van der Waals surface area contributed by atoms with Gasteiger partial charge in [0.1, 0.15) is 11.5 Å². The Balaban J connectivity index is 1.50. The van der Waals surface area contributed by atoms with Gasteiger partial charge >= 0.3 is 0 Å². The molecule has 2 aromatic carbocycles. The van der Waals surface area contributed by atoms with Crippen molar-refractivity contribution in [3.05, 3.63) is 75.0 Å². The maximum Gasteiger partial charge on any atom is 0.259 e. The van der Waals surface area contributed by atoms with E-state index in [2.05, 4.69) is 38.4 Å². The van der Waals surface area contributed by atoms with Crippen LogP contribution in [0, 0.1) is 3.57 Å². The first-order valence-electron chi connectivity index (χ1n) is 7.77. The van der Waals surface area contributed by atoms with Crippen LogP contribution in [-0.4, -0.2) is 18.7 Å². The van der Waals surface area contributed by atoms with Crippen molar-refractivity contribution in [3.63, 3.8) is 0 Å². The van der Waals surface area contributed by atoms with Crippen LogP contribution in [0.3, 0.4) is 0 Å². The summed E-state index contributed by atoms with van der Waals surface area (Å²) < 4.78 is 6.81. The van der Waals surface area contributed by atoms with Crippen molar-refractivity contribution >= 4 is 52.0 Å². The Bertz CT molecular complexity index is 923. The molecule has 0 atom stereocenters. The highest BCUT2D eigenvalue weighted by Gasteiger charge is 2.04. The van der Waals surface area contributed by atoms with Crippen LogP contribution in [-0.2, 0) is 4.79 Å². The van der Waals surface area contributed by atoms with Gasteiger partial charge in [-0.05, 0) is 71.1 Å². The fourth-order valence-electron chi connectivity index (χ4n) is 2.18. The van der Waals surface area contributed by atoms with E-state index in [1.807, 2.05) is 48.5 Å². The highest BCUT2D eigenvalue weighted by Crippen LogP contribution is 2.24. The first kappa shape index (κ1) is 18.5. The van der Waals surface area contributed by atoms with Gasteiger partial charge in [0.05, 0.1) is 12.8 Å². The average molecular weight is 480 g/mol. The summed E-state index contributed by atoms with van der Waals surface area (Å²) in [6.45, 7) is 0.129. The fourth-order valence-corrected chi connectivity index (χ4v) is 2.73. The molecule has 5 nitrogen and oxygen atoms in total. The number of hydrogen-bond acceptors (Lipinski definition) is 4. The smallest absolute Gasteiger partial charge is 0.259 e. The zero-order chi connectivity index (χ0) is 18.4. The van der Waals surface area contributed by atoms with Crippen LogP contribution in [0.15, 0.2) is 70.2 Å². The molecule has 0 saturated heterocycles. The van der Waals surface area contributed by atoms with Gasteiger partial charge in [-0.3, -0.25) is 4.79 Å². The Morgan fingerprint density at radius 3 is 2.73 bits per heavy atom. The quantitative estimate of drug-likeness (QED) is 0.304. The van der Waals surface area contributed by atoms with Crippen molar-refractivity contribution in [2.45, 2.75) is 0 Å². The lowest BCUT2D eigenvalue weighted by molar-refractivity contribution is -0.119. The van der Waals surface area contributed by atoms with Crippen LogP contribution in [0.2, 0.25) is 5.02 Å². The van der Waals surface area contributed by atoms with Gasteiger partial charge in [0.2, 0.25) is 0 Å². The molecule has 0 bridgehead atoms. The van der Waals surface area contributed by atoms with Crippen LogP contribution in [0.25, 0.3) is 11.3 Å². The SMILES string of the molecule is O=C(CNc1ccc(I)cc1)N/N=C\c1ccc(-c2cccc(Cl)c2)o1. The molecule has 1 amide bonds. The average Bonchev–Trinajstić information content (AvgIpc) is 3.10. The number of carbonyl (C=O) groups excluding carboxylic acids is 1. The predicted octanol–water partition coefficient (Wildman–Crippen LogP) is 4.77. The van der Waals surface area contributed by atoms with E-state index in [9.17, 15) is 4.79 Å². The molecule has 1 aromatic heterocycles. The molecule has 3 rings (SSSR count). The van der Waals surface area contributed by atoms with Crippen molar-refractivity contribution in [3.8, 4) is 11.3 Å². The summed E-state index contributed by atoms with van der Waals surface area (Å²) in [7, 11) is 0. The molecule has 0 spiro atoms. The maximum atomic E-state index is 11.8. The van der Waals surface area contributed by atoms with Gasteiger partial charge in [0.15, 0.2) is 0 Å². The summed E-state index contributed by atoms with van der Waals surface area (Å²) >= 11 is 8.21. The van der Waals surface area contributed by atoms with Crippen molar-refractivity contribution in [1.82, 2.24) is 5.43 Å². The number of furan rings is 1. The van der Waals surface area contributed by atoms with E-state index in [1.54, 1.807) is 12.1 Å². The number of hydrazone groups is 1. The highest BCUT2D eigenvalue weighted by atomic mass is 127. The van der Waals surface area contributed by atoms with E-state index in [4.69, 9.17) is 16.0 Å². The van der Waals surface area contributed by atoms with Gasteiger partial charge in [0, 0.05) is 19.8 Å². The largest absolute Gasteiger partial charge is 0.455 e.